The second kappa shape index (κ2) is 8.61. The van der Waals surface area contributed by atoms with Gasteiger partial charge in [-0.25, -0.2) is 4.79 Å². The number of hydrogen-bond acceptors (Lipinski definition) is 4. The largest absolute Gasteiger partial charge is 0.449 e. The summed E-state index contributed by atoms with van der Waals surface area (Å²) in [6.45, 7) is 3.76. The van der Waals surface area contributed by atoms with Crippen molar-refractivity contribution in [2.24, 2.45) is 5.92 Å². The maximum Gasteiger partial charge on any atom is 0.409 e. The van der Waals surface area contributed by atoms with E-state index in [1.165, 1.54) is 0 Å². The summed E-state index contributed by atoms with van der Waals surface area (Å²) in [5.41, 5.74) is 0. The summed E-state index contributed by atoms with van der Waals surface area (Å²) in [7, 11) is 3.78. The molecule has 5 heteroatoms. The highest BCUT2D eigenvalue weighted by molar-refractivity contribution is 5.91. The molecule has 5 nitrogen and oxygen atoms in total. The van der Waals surface area contributed by atoms with E-state index in [9.17, 15) is 9.59 Å². The number of nitrogens with zero attached hydrogens (tertiary/aromatic N) is 2. The van der Waals surface area contributed by atoms with Gasteiger partial charge in [-0.3, -0.25) is 4.79 Å². The van der Waals surface area contributed by atoms with Gasteiger partial charge >= 0.3 is 6.09 Å². The Morgan fingerprint density at radius 1 is 1.30 bits per heavy atom. The van der Waals surface area contributed by atoms with Gasteiger partial charge < -0.3 is 14.5 Å². The predicted octanol–water partition coefficient (Wildman–Crippen LogP) is 2.28. The number of carbonyl (C=O) groups is 2. The number of hydrogen-bond donors (Lipinski definition) is 0. The molecule has 1 aliphatic heterocycles. The number of rotatable bonds is 6. The van der Waals surface area contributed by atoms with Gasteiger partial charge in [0, 0.05) is 39.3 Å². The van der Waals surface area contributed by atoms with Crippen molar-refractivity contribution in [2.45, 2.75) is 32.6 Å². The number of ketones is 1. The first-order valence-corrected chi connectivity index (χ1v) is 7.34. The van der Waals surface area contributed by atoms with Crippen molar-refractivity contribution in [3.63, 3.8) is 0 Å². The third-order valence-corrected chi connectivity index (χ3v) is 3.42. The van der Waals surface area contributed by atoms with E-state index in [1.54, 1.807) is 17.2 Å². The Bertz CT molecular complexity index is 345. The average Bonchev–Trinajstić information content (AvgIpc) is 2.45. The number of allylic oxidation sites excluding steroid dienone is 1. The van der Waals surface area contributed by atoms with E-state index in [-0.39, 0.29) is 17.8 Å². The van der Waals surface area contributed by atoms with Gasteiger partial charge in [-0.1, -0.05) is 13.3 Å². The van der Waals surface area contributed by atoms with Gasteiger partial charge in [0.1, 0.15) is 0 Å². The highest BCUT2D eigenvalue weighted by Gasteiger charge is 2.26. The van der Waals surface area contributed by atoms with Crippen LogP contribution < -0.4 is 0 Å². The van der Waals surface area contributed by atoms with Gasteiger partial charge in [0.15, 0.2) is 5.78 Å². The maximum atomic E-state index is 11.9. The van der Waals surface area contributed by atoms with Crippen LogP contribution in [0.5, 0.6) is 0 Å². The topological polar surface area (TPSA) is 49.9 Å². The van der Waals surface area contributed by atoms with E-state index < -0.39 is 0 Å². The average molecular weight is 282 g/mol. The van der Waals surface area contributed by atoms with Gasteiger partial charge in [-0.2, -0.15) is 0 Å². The van der Waals surface area contributed by atoms with Gasteiger partial charge in [-0.05, 0) is 25.3 Å². The highest BCUT2D eigenvalue weighted by atomic mass is 16.6. The van der Waals surface area contributed by atoms with Crippen LogP contribution >= 0.6 is 0 Å². The first-order chi connectivity index (χ1) is 9.54. The molecule has 0 spiro atoms. The molecular formula is C15H26N2O3. The van der Waals surface area contributed by atoms with Gasteiger partial charge in [0.2, 0.25) is 0 Å². The van der Waals surface area contributed by atoms with Crippen LogP contribution in [0.2, 0.25) is 0 Å². The van der Waals surface area contributed by atoms with Crippen molar-refractivity contribution in [3.05, 3.63) is 12.3 Å². The molecule has 0 unspecified atom stereocenters. The third-order valence-electron chi connectivity index (χ3n) is 3.42. The number of amides is 1. The van der Waals surface area contributed by atoms with Gasteiger partial charge in [0.05, 0.1) is 6.61 Å². The molecule has 0 aliphatic carbocycles. The molecule has 1 aliphatic rings. The second-order valence-electron chi connectivity index (χ2n) is 5.41. The van der Waals surface area contributed by atoms with E-state index in [2.05, 4.69) is 6.92 Å². The van der Waals surface area contributed by atoms with Gasteiger partial charge in [0.25, 0.3) is 0 Å². The summed E-state index contributed by atoms with van der Waals surface area (Å²) < 4.78 is 5.18. The summed E-state index contributed by atoms with van der Waals surface area (Å²) >= 11 is 0. The summed E-state index contributed by atoms with van der Waals surface area (Å²) in [4.78, 5) is 27.3. The molecule has 114 valence electrons. The molecule has 0 aromatic carbocycles. The molecule has 1 amide bonds. The van der Waals surface area contributed by atoms with Crippen molar-refractivity contribution >= 4 is 11.9 Å². The second-order valence-corrected chi connectivity index (χ2v) is 5.41. The fourth-order valence-corrected chi connectivity index (χ4v) is 2.10. The lowest BCUT2D eigenvalue weighted by Gasteiger charge is -2.30. The zero-order valence-electron chi connectivity index (χ0n) is 12.8. The van der Waals surface area contributed by atoms with Crippen LogP contribution in [-0.4, -0.2) is 55.5 Å². The zero-order chi connectivity index (χ0) is 15.0. The summed E-state index contributed by atoms with van der Waals surface area (Å²) in [6, 6.07) is 0. The molecule has 20 heavy (non-hydrogen) atoms. The first kappa shape index (κ1) is 16.5. The first-order valence-electron chi connectivity index (χ1n) is 7.34. The van der Waals surface area contributed by atoms with E-state index in [0.717, 1.165) is 25.7 Å². The standard InChI is InChI=1S/C15H26N2O3/c1-4-5-12-20-15(19)17-10-6-13(7-11-17)14(18)8-9-16(2)3/h8-9,13H,4-7,10-12H2,1-3H3. The molecule has 0 bridgehead atoms. The molecule has 0 aromatic rings. The van der Waals surface area contributed by atoms with Crippen LogP contribution in [0.15, 0.2) is 12.3 Å². The summed E-state index contributed by atoms with van der Waals surface area (Å²) in [6.07, 6.45) is 6.51. The van der Waals surface area contributed by atoms with Crippen molar-refractivity contribution in [2.75, 3.05) is 33.8 Å². The fourth-order valence-electron chi connectivity index (χ4n) is 2.10. The van der Waals surface area contributed by atoms with E-state index in [4.69, 9.17) is 4.74 Å². The number of piperidine rings is 1. The molecule has 0 N–H and O–H groups in total. The maximum absolute atomic E-state index is 11.9. The Labute approximate surface area is 121 Å². The Hall–Kier alpha value is -1.52. The quantitative estimate of drug-likeness (QED) is 0.554. The Balaban J connectivity index is 2.32. The Morgan fingerprint density at radius 3 is 2.50 bits per heavy atom. The molecule has 0 saturated carbocycles. The smallest absolute Gasteiger partial charge is 0.409 e. The number of carbonyl (C=O) groups excluding carboxylic acids is 2. The molecule has 1 fully saturated rings. The molecule has 0 aromatic heterocycles. The number of likely N-dealkylation sites (tertiary alicyclic amines) is 1. The van der Waals surface area contributed by atoms with Crippen molar-refractivity contribution in [1.82, 2.24) is 9.80 Å². The molecule has 1 heterocycles. The van der Waals surface area contributed by atoms with Crippen LogP contribution in [-0.2, 0) is 9.53 Å². The lowest BCUT2D eigenvalue weighted by Crippen LogP contribution is -2.40. The lowest BCUT2D eigenvalue weighted by atomic mass is 9.92. The van der Waals surface area contributed by atoms with Crippen LogP contribution in [0.25, 0.3) is 0 Å². The minimum Gasteiger partial charge on any atom is -0.449 e. The van der Waals surface area contributed by atoms with Crippen molar-refractivity contribution in [1.29, 1.82) is 0 Å². The van der Waals surface area contributed by atoms with Crippen LogP contribution in [0.4, 0.5) is 4.79 Å². The monoisotopic (exact) mass is 282 g/mol. The van der Waals surface area contributed by atoms with E-state index >= 15 is 0 Å². The fraction of sp³-hybridized carbons (Fsp3) is 0.733. The molecule has 1 saturated heterocycles. The molecule has 0 atom stereocenters. The third kappa shape index (κ3) is 5.63. The number of unbranched alkanes of at least 4 members (excludes halogenated alkanes) is 1. The Kier molecular flexibility index (Phi) is 7.12. The minimum atomic E-state index is -0.242. The van der Waals surface area contributed by atoms with Gasteiger partial charge in [-0.15, -0.1) is 0 Å². The van der Waals surface area contributed by atoms with Crippen molar-refractivity contribution in [3.8, 4) is 0 Å². The summed E-state index contributed by atoms with van der Waals surface area (Å²) in [5, 5.41) is 0. The van der Waals surface area contributed by atoms with Crippen LogP contribution in [0.3, 0.4) is 0 Å². The van der Waals surface area contributed by atoms with Crippen LogP contribution in [0, 0.1) is 5.92 Å². The summed E-state index contributed by atoms with van der Waals surface area (Å²) in [5.74, 6) is 0.184. The highest BCUT2D eigenvalue weighted by Crippen LogP contribution is 2.19. The molecule has 0 radical (unpaired) electrons. The van der Waals surface area contributed by atoms with E-state index in [0.29, 0.717) is 19.7 Å². The lowest BCUT2D eigenvalue weighted by molar-refractivity contribution is -0.119. The zero-order valence-corrected chi connectivity index (χ0v) is 12.8. The predicted molar refractivity (Wildman–Crippen MR) is 78.4 cm³/mol. The van der Waals surface area contributed by atoms with E-state index in [1.807, 2.05) is 19.0 Å². The van der Waals surface area contributed by atoms with Crippen LogP contribution in [0.1, 0.15) is 32.6 Å². The minimum absolute atomic E-state index is 0.0332. The SMILES string of the molecule is CCCCOC(=O)N1CCC(C(=O)C=CN(C)C)CC1. The molecular weight excluding hydrogens is 256 g/mol. The van der Waals surface area contributed by atoms with Crippen molar-refractivity contribution < 1.29 is 14.3 Å². The molecule has 1 rings (SSSR count). The Morgan fingerprint density at radius 2 is 1.95 bits per heavy atom. The number of ether oxygens (including phenoxy) is 1. The normalized spacial score (nSPS) is 16.4.